The third-order valence-electron chi connectivity index (χ3n) is 2.96. The Kier molecular flexibility index (Phi) is 4.98. The third-order valence-corrected chi connectivity index (χ3v) is 2.96. The van der Waals surface area contributed by atoms with Crippen molar-refractivity contribution in [2.45, 2.75) is 25.9 Å². The van der Waals surface area contributed by atoms with E-state index in [4.69, 9.17) is 4.74 Å². The van der Waals surface area contributed by atoms with E-state index in [1.165, 1.54) is 5.56 Å². The Hall–Kier alpha value is -1.81. The topological polar surface area (TPSA) is 39.1 Å². The molecule has 0 aliphatic heterocycles. The van der Waals surface area contributed by atoms with E-state index in [2.05, 4.69) is 41.6 Å². The predicted molar refractivity (Wildman–Crippen MR) is 77.3 cm³/mol. The first-order valence-corrected chi connectivity index (χ1v) is 6.60. The maximum absolute atomic E-state index is 5.03. The number of hydrogen-bond acceptors (Lipinski definition) is 3. The maximum Gasteiger partial charge on any atom is 0.0728 e. The Balaban J connectivity index is 1.85. The van der Waals surface area contributed by atoms with Gasteiger partial charge in [0.05, 0.1) is 25.0 Å². The van der Waals surface area contributed by atoms with Gasteiger partial charge in [0, 0.05) is 19.3 Å². The lowest BCUT2D eigenvalue weighted by Gasteiger charge is -2.13. The molecule has 1 aromatic carbocycles. The van der Waals surface area contributed by atoms with E-state index < -0.39 is 0 Å². The second-order valence-electron chi connectivity index (χ2n) is 4.72. The molecule has 0 amide bonds. The van der Waals surface area contributed by atoms with Gasteiger partial charge in [0.1, 0.15) is 0 Å². The number of ether oxygens (including phenoxy) is 1. The zero-order valence-electron chi connectivity index (χ0n) is 11.5. The SMILES string of the molecule is COCCn1cc(NC(C)Cc2ccccc2)cn1. The van der Waals surface area contributed by atoms with Gasteiger partial charge in [-0.15, -0.1) is 0 Å². The second-order valence-corrected chi connectivity index (χ2v) is 4.72. The van der Waals surface area contributed by atoms with Crippen molar-refractivity contribution in [3.63, 3.8) is 0 Å². The molecule has 102 valence electrons. The minimum absolute atomic E-state index is 0.377. The summed E-state index contributed by atoms with van der Waals surface area (Å²) in [5.74, 6) is 0. The van der Waals surface area contributed by atoms with Crippen LogP contribution in [-0.2, 0) is 17.7 Å². The zero-order valence-corrected chi connectivity index (χ0v) is 11.5. The summed E-state index contributed by atoms with van der Waals surface area (Å²) in [4.78, 5) is 0. The number of methoxy groups -OCH3 is 1. The number of nitrogens with zero attached hydrogens (tertiary/aromatic N) is 2. The van der Waals surface area contributed by atoms with Crippen LogP contribution in [0.4, 0.5) is 5.69 Å². The molecule has 1 N–H and O–H groups in total. The first kappa shape index (κ1) is 13.6. The highest BCUT2D eigenvalue weighted by Crippen LogP contribution is 2.10. The van der Waals surface area contributed by atoms with Crippen molar-refractivity contribution in [1.29, 1.82) is 0 Å². The summed E-state index contributed by atoms with van der Waals surface area (Å²) in [5.41, 5.74) is 2.40. The van der Waals surface area contributed by atoms with Crippen LogP contribution in [0.15, 0.2) is 42.7 Å². The summed E-state index contributed by atoms with van der Waals surface area (Å²) >= 11 is 0. The van der Waals surface area contributed by atoms with Crippen LogP contribution in [0.25, 0.3) is 0 Å². The minimum Gasteiger partial charge on any atom is -0.383 e. The van der Waals surface area contributed by atoms with Crippen LogP contribution in [-0.4, -0.2) is 29.5 Å². The van der Waals surface area contributed by atoms with Gasteiger partial charge in [-0.3, -0.25) is 4.68 Å². The van der Waals surface area contributed by atoms with Crippen LogP contribution in [0.5, 0.6) is 0 Å². The summed E-state index contributed by atoms with van der Waals surface area (Å²) in [6, 6.07) is 10.9. The molecule has 0 aliphatic carbocycles. The number of anilines is 1. The van der Waals surface area contributed by atoms with Crippen molar-refractivity contribution in [1.82, 2.24) is 9.78 Å². The second kappa shape index (κ2) is 6.95. The Labute approximate surface area is 114 Å². The fourth-order valence-corrected chi connectivity index (χ4v) is 2.05. The Morgan fingerprint density at radius 1 is 1.32 bits per heavy atom. The predicted octanol–water partition coefficient (Wildman–Crippen LogP) is 2.57. The first-order valence-electron chi connectivity index (χ1n) is 6.60. The molecule has 4 heteroatoms. The lowest BCUT2D eigenvalue weighted by Crippen LogP contribution is -2.17. The van der Waals surface area contributed by atoms with Crippen molar-refractivity contribution in [3.05, 3.63) is 48.3 Å². The van der Waals surface area contributed by atoms with Crippen LogP contribution in [0.1, 0.15) is 12.5 Å². The largest absolute Gasteiger partial charge is 0.383 e. The van der Waals surface area contributed by atoms with Gasteiger partial charge in [0.15, 0.2) is 0 Å². The van der Waals surface area contributed by atoms with Gasteiger partial charge >= 0.3 is 0 Å². The average Bonchev–Trinajstić information content (AvgIpc) is 2.85. The van der Waals surface area contributed by atoms with Crippen molar-refractivity contribution >= 4 is 5.69 Å². The quantitative estimate of drug-likeness (QED) is 0.830. The summed E-state index contributed by atoms with van der Waals surface area (Å²) < 4.78 is 6.92. The smallest absolute Gasteiger partial charge is 0.0728 e. The fourth-order valence-electron chi connectivity index (χ4n) is 2.05. The summed E-state index contributed by atoms with van der Waals surface area (Å²) in [5, 5.41) is 7.75. The van der Waals surface area contributed by atoms with Crippen LogP contribution in [0, 0.1) is 0 Å². The average molecular weight is 259 g/mol. The number of rotatable bonds is 7. The highest BCUT2D eigenvalue weighted by Gasteiger charge is 2.05. The normalized spacial score (nSPS) is 12.3. The van der Waals surface area contributed by atoms with Gasteiger partial charge in [0.25, 0.3) is 0 Å². The molecular formula is C15H21N3O. The highest BCUT2D eigenvalue weighted by atomic mass is 16.5. The molecule has 0 fully saturated rings. The number of hydrogen-bond donors (Lipinski definition) is 1. The van der Waals surface area contributed by atoms with Crippen LogP contribution in [0.3, 0.4) is 0 Å². The number of nitrogens with one attached hydrogen (secondary N) is 1. The molecule has 0 saturated carbocycles. The van der Waals surface area contributed by atoms with E-state index in [1.807, 2.05) is 23.1 Å². The molecule has 0 spiro atoms. The Bertz CT molecular complexity index is 481. The first-order chi connectivity index (χ1) is 9.28. The van der Waals surface area contributed by atoms with E-state index >= 15 is 0 Å². The molecular weight excluding hydrogens is 238 g/mol. The van der Waals surface area contributed by atoms with Crippen LogP contribution in [0.2, 0.25) is 0 Å². The molecule has 2 rings (SSSR count). The van der Waals surface area contributed by atoms with E-state index in [0.717, 1.165) is 18.7 Å². The van der Waals surface area contributed by atoms with E-state index in [1.54, 1.807) is 7.11 Å². The van der Waals surface area contributed by atoms with Gasteiger partial charge in [-0.25, -0.2) is 0 Å². The van der Waals surface area contributed by atoms with Gasteiger partial charge < -0.3 is 10.1 Å². The molecule has 1 aromatic heterocycles. The van der Waals surface area contributed by atoms with Crippen LogP contribution >= 0.6 is 0 Å². The lowest BCUT2D eigenvalue weighted by atomic mass is 10.1. The van der Waals surface area contributed by atoms with Crippen molar-refractivity contribution in [2.24, 2.45) is 0 Å². The van der Waals surface area contributed by atoms with Gasteiger partial charge in [-0.1, -0.05) is 30.3 Å². The van der Waals surface area contributed by atoms with Crippen LogP contribution < -0.4 is 5.32 Å². The summed E-state index contributed by atoms with van der Waals surface area (Å²) in [6.45, 7) is 3.64. The molecule has 2 aromatic rings. The van der Waals surface area contributed by atoms with E-state index in [0.29, 0.717) is 12.6 Å². The molecule has 19 heavy (non-hydrogen) atoms. The molecule has 0 saturated heterocycles. The molecule has 0 aliphatic rings. The summed E-state index contributed by atoms with van der Waals surface area (Å²) in [7, 11) is 1.70. The molecule has 4 nitrogen and oxygen atoms in total. The molecule has 1 heterocycles. The molecule has 0 radical (unpaired) electrons. The number of aromatic nitrogens is 2. The summed E-state index contributed by atoms with van der Waals surface area (Å²) in [6.07, 6.45) is 4.88. The van der Waals surface area contributed by atoms with Gasteiger partial charge in [-0.05, 0) is 18.9 Å². The third kappa shape index (κ3) is 4.41. The maximum atomic E-state index is 5.03. The molecule has 1 unspecified atom stereocenters. The Morgan fingerprint density at radius 3 is 2.84 bits per heavy atom. The monoisotopic (exact) mass is 259 g/mol. The Morgan fingerprint density at radius 2 is 2.11 bits per heavy atom. The fraction of sp³-hybridized carbons (Fsp3) is 0.400. The van der Waals surface area contributed by atoms with E-state index in [9.17, 15) is 0 Å². The zero-order chi connectivity index (χ0) is 13.5. The molecule has 1 atom stereocenters. The standard InChI is InChI=1S/C15H21N3O/c1-13(10-14-6-4-3-5-7-14)17-15-11-16-18(12-15)8-9-19-2/h3-7,11-13,17H,8-10H2,1-2H3. The lowest BCUT2D eigenvalue weighted by molar-refractivity contribution is 0.183. The van der Waals surface area contributed by atoms with Crippen molar-refractivity contribution < 1.29 is 4.74 Å². The van der Waals surface area contributed by atoms with Gasteiger partial charge in [-0.2, -0.15) is 5.10 Å². The van der Waals surface area contributed by atoms with E-state index in [-0.39, 0.29) is 0 Å². The minimum atomic E-state index is 0.377. The molecule has 0 bridgehead atoms. The van der Waals surface area contributed by atoms with Crippen molar-refractivity contribution in [2.75, 3.05) is 19.0 Å². The van der Waals surface area contributed by atoms with Gasteiger partial charge in [0.2, 0.25) is 0 Å². The van der Waals surface area contributed by atoms with Crippen molar-refractivity contribution in [3.8, 4) is 0 Å². The highest BCUT2D eigenvalue weighted by molar-refractivity contribution is 5.39. The number of benzene rings is 1.